The van der Waals surface area contributed by atoms with Crippen LogP contribution in [0.2, 0.25) is 5.02 Å². The van der Waals surface area contributed by atoms with Crippen molar-refractivity contribution >= 4 is 23.5 Å². The molecule has 2 rings (SSSR count). The topological polar surface area (TPSA) is 80.6 Å². The molecule has 0 aliphatic carbocycles. The molecule has 0 atom stereocenters. The van der Waals surface area contributed by atoms with Gasteiger partial charge in [-0.05, 0) is 30.2 Å². The molecule has 0 fully saturated rings. The summed E-state index contributed by atoms with van der Waals surface area (Å²) in [5, 5.41) is 12.3. The lowest BCUT2D eigenvalue weighted by Gasteiger charge is -2.10. The number of carboxylic acids is 1. The summed E-state index contributed by atoms with van der Waals surface area (Å²) in [4.78, 5) is 23.0. The van der Waals surface area contributed by atoms with Gasteiger partial charge in [-0.25, -0.2) is 4.79 Å². The van der Waals surface area contributed by atoms with Crippen LogP contribution in [0.3, 0.4) is 0 Å². The van der Waals surface area contributed by atoms with E-state index in [2.05, 4.69) is 5.32 Å². The second-order valence-corrected chi connectivity index (χ2v) is 5.43. The van der Waals surface area contributed by atoms with Crippen LogP contribution in [0.15, 0.2) is 30.5 Å². The zero-order chi connectivity index (χ0) is 17.0. The van der Waals surface area contributed by atoms with E-state index in [-0.39, 0.29) is 11.5 Å². The minimum atomic E-state index is -1.01. The fraction of sp³-hybridized carbons (Fsp3) is 0.250. The zero-order valence-corrected chi connectivity index (χ0v) is 13.6. The molecule has 1 aromatic heterocycles. The van der Waals surface area contributed by atoms with Gasteiger partial charge < -0.3 is 19.7 Å². The van der Waals surface area contributed by atoms with Crippen LogP contribution >= 0.6 is 11.6 Å². The average molecular weight is 337 g/mol. The Hall–Kier alpha value is -2.47. The molecule has 0 saturated carbocycles. The van der Waals surface area contributed by atoms with Gasteiger partial charge in [0.25, 0.3) is 5.91 Å². The van der Waals surface area contributed by atoms with Crippen LogP contribution in [0.1, 0.15) is 26.4 Å². The number of aryl methyl sites for hydroxylation is 1. The van der Waals surface area contributed by atoms with E-state index in [4.69, 9.17) is 21.4 Å². The minimum Gasteiger partial charge on any atom is -0.496 e. The lowest BCUT2D eigenvalue weighted by molar-refractivity contribution is 0.0696. The molecule has 0 unspecified atom stereocenters. The van der Waals surface area contributed by atoms with E-state index in [1.54, 1.807) is 29.9 Å². The number of hydrogen-bond donors (Lipinski definition) is 2. The Labute approximate surface area is 138 Å². The number of carbonyl (C=O) groups is 2. The van der Waals surface area contributed by atoms with Crippen molar-refractivity contribution < 1.29 is 19.4 Å². The summed E-state index contributed by atoms with van der Waals surface area (Å²) in [6.07, 6.45) is 2.18. The van der Waals surface area contributed by atoms with Crippen molar-refractivity contribution in [2.45, 2.75) is 6.42 Å². The van der Waals surface area contributed by atoms with E-state index < -0.39 is 5.97 Å². The zero-order valence-electron chi connectivity index (χ0n) is 12.8. The van der Waals surface area contributed by atoms with Gasteiger partial charge in [0.05, 0.1) is 17.7 Å². The number of halogens is 1. The van der Waals surface area contributed by atoms with Gasteiger partial charge in [0, 0.05) is 19.8 Å². The predicted octanol–water partition coefficient (Wildman–Crippen LogP) is 2.36. The van der Waals surface area contributed by atoms with Crippen molar-refractivity contribution in [1.82, 2.24) is 9.88 Å². The van der Waals surface area contributed by atoms with Gasteiger partial charge in [0.15, 0.2) is 0 Å². The summed E-state index contributed by atoms with van der Waals surface area (Å²) in [6, 6.07) is 6.27. The van der Waals surface area contributed by atoms with Crippen LogP contribution in [0.25, 0.3) is 0 Å². The van der Waals surface area contributed by atoms with Crippen molar-refractivity contribution in [2.75, 3.05) is 13.7 Å². The van der Waals surface area contributed by atoms with Gasteiger partial charge in [-0.3, -0.25) is 4.79 Å². The summed E-state index contributed by atoms with van der Waals surface area (Å²) >= 11 is 5.85. The maximum atomic E-state index is 12.1. The first kappa shape index (κ1) is 16.9. The van der Waals surface area contributed by atoms with E-state index in [9.17, 15) is 9.59 Å². The van der Waals surface area contributed by atoms with E-state index in [0.717, 1.165) is 5.56 Å². The minimum absolute atomic E-state index is 0.160. The molecule has 0 aliphatic rings. The molecule has 0 aliphatic heterocycles. The van der Waals surface area contributed by atoms with Crippen molar-refractivity contribution in [2.24, 2.45) is 7.05 Å². The predicted molar refractivity (Wildman–Crippen MR) is 86.4 cm³/mol. The highest BCUT2D eigenvalue weighted by Gasteiger charge is 2.12. The third-order valence-electron chi connectivity index (χ3n) is 3.42. The number of amides is 1. The van der Waals surface area contributed by atoms with Gasteiger partial charge in [-0.15, -0.1) is 0 Å². The van der Waals surface area contributed by atoms with Gasteiger partial charge in [-0.2, -0.15) is 0 Å². The smallest absolute Gasteiger partial charge is 0.335 e. The highest BCUT2D eigenvalue weighted by molar-refractivity contribution is 6.31. The second-order valence-electron chi connectivity index (χ2n) is 4.99. The van der Waals surface area contributed by atoms with Crippen molar-refractivity contribution in [1.29, 1.82) is 0 Å². The third kappa shape index (κ3) is 4.04. The van der Waals surface area contributed by atoms with E-state index in [1.807, 2.05) is 0 Å². The molecule has 0 saturated heterocycles. The SMILES string of the molecule is COc1cc(C(=O)O)ccc1CCNC(=O)c1cc(Cl)cn1C. The maximum Gasteiger partial charge on any atom is 0.335 e. The van der Waals surface area contributed by atoms with Crippen LogP contribution < -0.4 is 10.1 Å². The number of carbonyl (C=O) groups excluding carboxylic acids is 1. The number of aromatic nitrogens is 1. The van der Waals surface area contributed by atoms with E-state index in [1.165, 1.54) is 19.2 Å². The van der Waals surface area contributed by atoms with Gasteiger partial charge in [0.2, 0.25) is 0 Å². The summed E-state index contributed by atoms with van der Waals surface area (Å²) in [7, 11) is 3.23. The standard InChI is InChI=1S/C16H17ClN2O4/c1-19-9-12(17)8-13(19)15(20)18-6-5-10-3-4-11(16(21)22)7-14(10)23-2/h3-4,7-9H,5-6H2,1-2H3,(H,18,20)(H,21,22). The molecule has 0 bridgehead atoms. The van der Waals surface area contributed by atoms with Crippen LogP contribution in [-0.4, -0.2) is 35.2 Å². The highest BCUT2D eigenvalue weighted by atomic mass is 35.5. The molecule has 0 spiro atoms. The molecular weight excluding hydrogens is 320 g/mol. The number of ether oxygens (including phenoxy) is 1. The quantitative estimate of drug-likeness (QED) is 0.848. The van der Waals surface area contributed by atoms with Gasteiger partial charge in [0.1, 0.15) is 11.4 Å². The molecule has 2 aromatic rings. The largest absolute Gasteiger partial charge is 0.496 e. The first-order valence-electron chi connectivity index (χ1n) is 6.92. The molecule has 0 radical (unpaired) electrons. The molecule has 122 valence electrons. The Morgan fingerprint density at radius 2 is 2.09 bits per heavy atom. The molecule has 1 heterocycles. The lowest BCUT2D eigenvalue weighted by atomic mass is 10.1. The fourth-order valence-corrected chi connectivity index (χ4v) is 2.49. The number of rotatable bonds is 6. The second kappa shape index (κ2) is 7.19. The van der Waals surface area contributed by atoms with E-state index >= 15 is 0 Å². The first-order chi connectivity index (χ1) is 10.9. The van der Waals surface area contributed by atoms with Crippen molar-refractivity contribution in [3.8, 4) is 5.75 Å². The number of methoxy groups -OCH3 is 1. The number of aromatic carboxylic acids is 1. The van der Waals surface area contributed by atoms with Crippen LogP contribution in [-0.2, 0) is 13.5 Å². The number of carboxylic acid groups (broad SMARTS) is 1. The third-order valence-corrected chi connectivity index (χ3v) is 3.62. The summed E-state index contributed by atoms with van der Waals surface area (Å²) in [6.45, 7) is 0.393. The van der Waals surface area contributed by atoms with Gasteiger partial charge >= 0.3 is 5.97 Å². The monoisotopic (exact) mass is 336 g/mol. The van der Waals surface area contributed by atoms with Crippen LogP contribution in [0.5, 0.6) is 5.75 Å². The summed E-state index contributed by atoms with van der Waals surface area (Å²) in [5.41, 5.74) is 1.46. The average Bonchev–Trinajstić information content (AvgIpc) is 2.85. The lowest BCUT2D eigenvalue weighted by Crippen LogP contribution is -2.27. The number of nitrogens with one attached hydrogen (secondary N) is 1. The number of hydrogen-bond acceptors (Lipinski definition) is 3. The molecule has 7 heteroatoms. The van der Waals surface area contributed by atoms with Crippen molar-refractivity contribution in [3.05, 3.63) is 52.3 Å². The summed E-state index contributed by atoms with van der Waals surface area (Å²) < 4.78 is 6.86. The van der Waals surface area contributed by atoms with E-state index in [0.29, 0.717) is 29.4 Å². The number of benzene rings is 1. The van der Waals surface area contributed by atoms with Crippen LogP contribution in [0.4, 0.5) is 0 Å². The fourth-order valence-electron chi connectivity index (χ4n) is 2.24. The molecule has 1 amide bonds. The van der Waals surface area contributed by atoms with Crippen LogP contribution in [0, 0.1) is 0 Å². The normalized spacial score (nSPS) is 10.4. The Balaban J connectivity index is 2.00. The Morgan fingerprint density at radius 3 is 2.65 bits per heavy atom. The molecule has 2 N–H and O–H groups in total. The molecule has 6 nitrogen and oxygen atoms in total. The molecule has 23 heavy (non-hydrogen) atoms. The summed E-state index contributed by atoms with van der Waals surface area (Å²) in [5.74, 6) is -0.745. The Morgan fingerprint density at radius 1 is 1.35 bits per heavy atom. The Kier molecular flexibility index (Phi) is 5.28. The number of nitrogens with zero attached hydrogens (tertiary/aromatic N) is 1. The van der Waals surface area contributed by atoms with Crippen molar-refractivity contribution in [3.63, 3.8) is 0 Å². The van der Waals surface area contributed by atoms with Gasteiger partial charge in [-0.1, -0.05) is 17.7 Å². The highest BCUT2D eigenvalue weighted by Crippen LogP contribution is 2.20. The molecule has 1 aromatic carbocycles. The Bertz CT molecular complexity index is 740. The first-order valence-corrected chi connectivity index (χ1v) is 7.30. The maximum absolute atomic E-state index is 12.1. The molecular formula is C16H17ClN2O4.